The Labute approximate surface area is 264 Å². The Morgan fingerprint density at radius 2 is 1.67 bits per heavy atom. The molecule has 2 bridgehead atoms. The number of hydrogen-bond acceptors (Lipinski definition) is 7. The van der Waals surface area contributed by atoms with Crippen LogP contribution >= 0.6 is 39.0 Å². The van der Waals surface area contributed by atoms with E-state index in [9.17, 15) is 14.4 Å². The molecule has 2 saturated carbocycles. The number of amides is 2. The third kappa shape index (κ3) is 4.24. The average Bonchev–Trinajstić information content (AvgIpc) is 3.76. The molecule has 3 fully saturated rings. The number of nitrogens with one attached hydrogen (secondary N) is 1. The molecule has 4 aliphatic rings. The Morgan fingerprint density at radius 1 is 0.930 bits per heavy atom. The topological polar surface area (TPSA) is 88.7 Å². The van der Waals surface area contributed by atoms with Crippen molar-refractivity contribution in [2.75, 3.05) is 12.0 Å². The number of thiazole rings is 1. The largest absolute Gasteiger partial charge is 0.493 e. The fourth-order valence-corrected chi connectivity index (χ4v) is 11.1. The molecule has 0 spiro atoms. The summed E-state index contributed by atoms with van der Waals surface area (Å²) < 4.78 is 12.8. The number of halogens is 1. The molecule has 218 valence electrons. The molecular formula is C33H27BrN2O5S2. The molecule has 1 N–H and O–H groups in total. The lowest BCUT2D eigenvalue weighted by Crippen LogP contribution is -2.42. The fourth-order valence-electron chi connectivity index (χ4n) is 7.97. The van der Waals surface area contributed by atoms with Crippen LogP contribution in [0.5, 0.6) is 11.5 Å². The van der Waals surface area contributed by atoms with E-state index in [2.05, 4.69) is 27.0 Å². The first-order valence-corrected chi connectivity index (χ1v) is 16.8. The van der Waals surface area contributed by atoms with Crippen LogP contribution in [-0.4, -0.2) is 29.2 Å². The van der Waals surface area contributed by atoms with Crippen LogP contribution in [0.1, 0.15) is 28.3 Å². The number of ether oxygens (including phenoxy) is 2. The summed E-state index contributed by atoms with van der Waals surface area (Å²) in [5.41, 5.74) is 2.71. The van der Waals surface area contributed by atoms with Gasteiger partial charge >= 0.3 is 4.87 Å². The zero-order valence-electron chi connectivity index (χ0n) is 23.1. The van der Waals surface area contributed by atoms with Crippen LogP contribution < -0.4 is 19.2 Å². The van der Waals surface area contributed by atoms with Crippen LogP contribution in [0.3, 0.4) is 0 Å². The number of aromatic amines is 1. The second-order valence-corrected chi connectivity index (χ2v) is 14.8. The maximum atomic E-state index is 14.0. The first-order valence-electron chi connectivity index (χ1n) is 14.3. The van der Waals surface area contributed by atoms with E-state index >= 15 is 0 Å². The molecule has 0 radical (unpaired) electrons. The zero-order chi connectivity index (χ0) is 29.4. The van der Waals surface area contributed by atoms with Crippen molar-refractivity contribution < 1.29 is 19.1 Å². The number of thioether (sulfide) groups is 1. The molecule has 43 heavy (non-hydrogen) atoms. The minimum atomic E-state index is -0.349. The second kappa shape index (κ2) is 10.4. The highest BCUT2D eigenvalue weighted by molar-refractivity contribution is 9.10. The number of imide groups is 1. The second-order valence-electron chi connectivity index (χ2n) is 11.6. The highest BCUT2D eigenvalue weighted by Gasteiger charge is 2.69. The fraction of sp³-hybridized carbons (Fsp3) is 0.303. The number of H-pyrrole nitrogens is 1. The van der Waals surface area contributed by atoms with Gasteiger partial charge in [0.25, 0.3) is 0 Å². The molecule has 0 unspecified atom stereocenters. The van der Waals surface area contributed by atoms with Crippen molar-refractivity contribution >= 4 is 56.5 Å². The predicted molar refractivity (Wildman–Crippen MR) is 169 cm³/mol. The van der Waals surface area contributed by atoms with Gasteiger partial charge in [0.15, 0.2) is 11.5 Å². The number of rotatable bonds is 6. The molecule has 2 aliphatic carbocycles. The van der Waals surface area contributed by atoms with Gasteiger partial charge in [0.1, 0.15) is 6.61 Å². The normalized spacial score (nSPS) is 28.5. The number of methoxy groups -OCH3 is 1. The van der Waals surface area contributed by atoms with Crippen LogP contribution in [0.25, 0.3) is 0 Å². The van der Waals surface area contributed by atoms with Crippen molar-refractivity contribution in [1.82, 2.24) is 4.98 Å². The van der Waals surface area contributed by atoms with E-state index in [-0.39, 0.29) is 57.4 Å². The molecule has 8 rings (SSSR count). The minimum absolute atomic E-state index is 0.0414. The Bertz CT molecular complexity index is 1810. The number of carbonyl (C=O) groups excluding carboxylic acids is 2. The van der Waals surface area contributed by atoms with E-state index in [0.717, 1.165) is 31.9 Å². The van der Waals surface area contributed by atoms with Gasteiger partial charge in [-0.3, -0.25) is 19.3 Å². The Hall–Kier alpha value is -3.34. The van der Waals surface area contributed by atoms with E-state index in [0.29, 0.717) is 23.8 Å². The molecule has 10 heteroatoms. The molecule has 7 nitrogen and oxygen atoms in total. The molecule has 3 heterocycles. The number of benzene rings is 3. The van der Waals surface area contributed by atoms with Crippen molar-refractivity contribution in [2.45, 2.75) is 29.2 Å². The molecule has 1 aromatic heterocycles. The van der Waals surface area contributed by atoms with Crippen LogP contribution in [0.2, 0.25) is 0 Å². The number of anilines is 1. The number of hydrogen-bond donors (Lipinski definition) is 1. The lowest BCUT2D eigenvalue weighted by molar-refractivity contribution is -0.123. The molecule has 2 aliphatic heterocycles. The Morgan fingerprint density at radius 3 is 2.42 bits per heavy atom. The maximum Gasteiger partial charge on any atom is 0.305 e. The van der Waals surface area contributed by atoms with E-state index in [4.69, 9.17) is 9.47 Å². The third-order valence-electron chi connectivity index (χ3n) is 9.59. The van der Waals surface area contributed by atoms with Gasteiger partial charge < -0.3 is 14.5 Å². The summed E-state index contributed by atoms with van der Waals surface area (Å²) in [5, 5.41) is 1.01. The summed E-state index contributed by atoms with van der Waals surface area (Å²) in [6, 6.07) is 23.4. The van der Waals surface area contributed by atoms with Gasteiger partial charge in [-0.1, -0.05) is 63.7 Å². The number of fused-ring (bicyclic) bond motifs is 9. The van der Waals surface area contributed by atoms with Crippen molar-refractivity contribution in [2.24, 2.45) is 29.6 Å². The van der Waals surface area contributed by atoms with Crippen LogP contribution in [0, 0.1) is 29.6 Å². The Balaban J connectivity index is 1.16. The molecular weight excluding hydrogens is 648 g/mol. The summed E-state index contributed by atoms with van der Waals surface area (Å²) in [7, 11) is 1.63. The third-order valence-corrected chi connectivity index (χ3v) is 12.7. The summed E-state index contributed by atoms with van der Waals surface area (Å²) >= 11 is 6.39. The van der Waals surface area contributed by atoms with Gasteiger partial charge in [0.05, 0.1) is 29.7 Å². The van der Waals surface area contributed by atoms with E-state index in [1.165, 1.54) is 16.2 Å². The van der Waals surface area contributed by atoms with Crippen LogP contribution in [0.15, 0.2) is 87.1 Å². The maximum absolute atomic E-state index is 14.0. The van der Waals surface area contributed by atoms with Gasteiger partial charge in [-0.25, -0.2) is 0 Å². The monoisotopic (exact) mass is 674 g/mol. The number of aromatic nitrogens is 1. The summed E-state index contributed by atoms with van der Waals surface area (Å²) in [6.07, 6.45) is 0.842. The first kappa shape index (κ1) is 27.2. The van der Waals surface area contributed by atoms with Crippen molar-refractivity contribution in [3.63, 3.8) is 0 Å². The molecule has 7 atom stereocenters. The smallest absolute Gasteiger partial charge is 0.305 e. The van der Waals surface area contributed by atoms with Crippen molar-refractivity contribution in [3.8, 4) is 11.5 Å². The van der Waals surface area contributed by atoms with Crippen molar-refractivity contribution in [3.05, 3.63) is 103 Å². The van der Waals surface area contributed by atoms with E-state index in [1.807, 2.05) is 66.7 Å². The van der Waals surface area contributed by atoms with Crippen molar-refractivity contribution in [1.29, 1.82) is 0 Å². The lowest BCUT2D eigenvalue weighted by atomic mass is 9.68. The van der Waals surface area contributed by atoms with E-state index in [1.54, 1.807) is 18.9 Å². The SMILES string of the molecule is COc1cc([C@@H]2c3sc(=O)[nH]c3S[C@@H]3[C@@H]4C[C@@H]([C@@H]5C(=O)N(c6ccc(Br)cc6)C(=O)[C@@H]45)[C@@H]23)ccc1OCc1ccccc1. The standard InChI is InChI=1S/C33H27BrN2O5S2/c1-40-23-13-17(7-12-22(23)41-15-16-5-3-2-4-6-16)24-25-20-14-21(28(25)42-30-29(24)43-33(39)35-30)27-26(20)31(37)36(32(27)38)19-10-8-18(34)9-11-19/h2-13,20-21,24-28H,14-15H2,1H3,(H,35,39)/t20-,21-,24+,25+,26+,27+,28-/m1/s1. The minimum Gasteiger partial charge on any atom is -0.493 e. The summed E-state index contributed by atoms with van der Waals surface area (Å²) in [5.74, 6) is 0.533. The zero-order valence-corrected chi connectivity index (χ0v) is 26.3. The highest BCUT2D eigenvalue weighted by atomic mass is 79.9. The highest BCUT2D eigenvalue weighted by Crippen LogP contribution is 2.68. The predicted octanol–water partition coefficient (Wildman–Crippen LogP) is 6.46. The van der Waals surface area contributed by atoms with Crippen LogP contribution in [0.4, 0.5) is 5.69 Å². The summed E-state index contributed by atoms with van der Waals surface area (Å²) in [4.78, 5) is 45.8. The Kier molecular flexibility index (Phi) is 6.58. The van der Waals surface area contributed by atoms with Gasteiger partial charge in [-0.2, -0.15) is 0 Å². The molecule has 2 amide bonds. The van der Waals surface area contributed by atoms with E-state index < -0.39 is 0 Å². The average molecular weight is 676 g/mol. The van der Waals surface area contributed by atoms with Gasteiger partial charge in [0, 0.05) is 20.5 Å². The molecule has 3 aromatic carbocycles. The number of nitrogens with zero attached hydrogens (tertiary/aromatic N) is 1. The van der Waals surface area contributed by atoms with Crippen LogP contribution in [-0.2, 0) is 16.2 Å². The first-order chi connectivity index (χ1) is 20.9. The molecule has 4 aromatic rings. The quantitative estimate of drug-likeness (QED) is 0.236. The summed E-state index contributed by atoms with van der Waals surface area (Å²) in [6.45, 7) is 0.419. The van der Waals surface area contributed by atoms with Gasteiger partial charge in [-0.15, -0.1) is 11.8 Å². The molecule has 1 saturated heterocycles. The van der Waals surface area contributed by atoms with Gasteiger partial charge in [0.2, 0.25) is 11.8 Å². The number of carbonyl (C=O) groups is 2. The lowest BCUT2D eigenvalue weighted by Gasteiger charge is -2.43. The van der Waals surface area contributed by atoms with Gasteiger partial charge in [-0.05, 0) is 71.7 Å².